The summed E-state index contributed by atoms with van der Waals surface area (Å²) in [7, 11) is 0. The second-order valence-electron chi connectivity index (χ2n) is 4.99. The number of nitrogen functional groups attached to an aromatic ring is 1. The third kappa shape index (κ3) is 4.24. The lowest BCUT2D eigenvalue weighted by Gasteiger charge is -2.13. The van der Waals surface area contributed by atoms with E-state index in [0.717, 1.165) is 22.6 Å². The average Bonchev–Trinajstić information content (AvgIpc) is 2.44. The van der Waals surface area contributed by atoms with E-state index in [1.807, 2.05) is 56.3 Å². The van der Waals surface area contributed by atoms with Crippen LogP contribution in [0, 0.1) is 13.8 Å². The zero-order chi connectivity index (χ0) is 15.2. The predicted octanol–water partition coefficient (Wildman–Crippen LogP) is 3.29. The van der Waals surface area contributed by atoms with Crippen molar-refractivity contribution in [1.29, 1.82) is 0 Å². The maximum Gasteiger partial charge on any atom is 0.227 e. The van der Waals surface area contributed by atoms with Crippen LogP contribution in [0.25, 0.3) is 0 Å². The van der Waals surface area contributed by atoms with Crippen LogP contribution < -0.4 is 15.8 Å². The second-order valence-corrected chi connectivity index (χ2v) is 4.99. The van der Waals surface area contributed by atoms with Gasteiger partial charge in [0.15, 0.2) is 0 Å². The largest absolute Gasteiger partial charge is 0.493 e. The summed E-state index contributed by atoms with van der Waals surface area (Å²) in [4.78, 5) is 12.0. The molecule has 0 aliphatic heterocycles. The molecule has 2 rings (SSSR count). The molecule has 0 radical (unpaired) electrons. The van der Waals surface area contributed by atoms with Crippen LogP contribution in [0.15, 0.2) is 42.5 Å². The Morgan fingerprint density at radius 2 is 1.76 bits per heavy atom. The van der Waals surface area contributed by atoms with E-state index in [0.29, 0.717) is 18.7 Å². The van der Waals surface area contributed by atoms with Crippen molar-refractivity contribution in [2.45, 2.75) is 20.3 Å². The SMILES string of the molecule is Cc1cc(N)cc(C)c1NC(=O)CCOc1ccccc1. The number of benzene rings is 2. The van der Waals surface area contributed by atoms with Gasteiger partial charge in [0.25, 0.3) is 0 Å². The Bertz CT molecular complexity index is 601. The molecule has 0 unspecified atom stereocenters. The average molecular weight is 284 g/mol. The normalized spacial score (nSPS) is 10.2. The molecule has 1 amide bonds. The fourth-order valence-electron chi connectivity index (χ4n) is 2.17. The number of nitrogens with one attached hydrogen (secondary N) is 1. The van der Waals surface area contributed by atoms with Crippen LogP contribution in [0.3, 0.4) is 0 Å². The Balaban J connectivity index is 1.88. The zero-order valence-electron chi connectivity index (χ0n) is 12.3. The number of ether oxygens (including phenoxy) is 1. The van der Waals surface area contributed by atoms with Gasteiger partial charge in [-0.2, -0.15) is 0 Å². The van der Waals surface area contributed by atoms with Gasteiger partial charge in [-0.05, 0) is 49.2 Å². The minimum Gasteiger partial charge on any atom is -0.493 e. The zero-order valence-corrected chi connectivity index (χ0v) is 12.3. The molecule has 0 spiro atoms. The van der Waals surface area contributed by atoms with E-state index in [1.54, 1.807) is 0 Å². The topological polar surface area (TPSA) is 64.3 Å². The van der Waals surface area contributed by atoms with Gasteiger partial charge in [0.2, 0.25) is 5.91 Å². The van der Waals surface area contributed by atoms with Crippen LogP contribution in [0.2, 0.25) is 0 Å². The number of nitrogens with two attached hydrogens (primary N) is 1. The Kier molecular flexibility index (Phi) is 4.82. The van der Waals surface area contributed by atoms with Gasteiger partial charge in [0.05, 0.1) is 13.0 Å². The number of carbonyl (C=O) groups excluding carboxylic acids is 1. The van der Waals surface area contributed by atoms with Gasteiger partial charge in [0, 0.05) is 11.4 Å². The molecule has 2 aromatic rings. The monoisotopic (exact) mass is 284 g/mol. The lowest BCUT2D eigenvalue weighted by molar-refractivity contribution is -0.116. The second kappa shape index (κ2) is 6.79. The first kappa shape index (κ1) is 14.9. The minimum atomic E-state index is -0.0677. The van der Waals surface area contributed by atoms with E-state index in [-0.39, 0.29) is 5.91 Å². The highest BCUT2D eigenvalue weighted by Crippen LogP contribution is 2.23. The van der Waals surface area contributed by atoms with Gasteiger partial charge in [-0.15, -0.1) is 0 Å². The number of rotatable bonds is 5. The summed E-state index contributed by atoms with van der Waals surface area (Å²) in [6.45, 7) is 4.21. The molecule has 0 fully saturated rings. The molecule has 4 heteroatoms. The molecule has 110 valence electrons. The lowest BCUT2D eigenvalue weighted by atomic mass is 10.1. The molecular formula is C17H20N2O2. The molecule has 0 aliphatic carbocycles. The molecule has 0 aliphatic rings. The maximum absolute atomic E-state index is 12.0. The number of aryl methyl sites for hydroxylation is 2. The van der Waals surface area contributed by atoms with Crippen molar-refractivity contribution in [3.05, 3.63) is 53.6 Å². The van der Waals surface area contributed by atoms with Crippen molar-refractivity contribution >= 4 is 17.3 Å². The number of anilines is 2. The first-order valence-electron chi connectivity index (χ1n) is 6.90. The van der Waals surface area contributed by atoms with Crippen molar-refractivity contribution < 1.29 is 9.53 Å². The van der Waals surface area contributed by atoms with Crippen LogP contribution in [0.4, 0.5) is 11.4 Å². The molecule has 2 aromatic carbocycles. The predicted molar refractivity (Wildman–Crippen MR) is 85.5 cm³/mol. The molecule has 0 bridgehead atoms. The summed E-state index contributed by atoms with van der Waals surface area (Å²) < 4.78 is 5.51. The summed E-state index contributed by atoms with van der Waals surface area (Å²) in [5.74, 6) is 0.701. The molecule has 21 heavy (non-hydrogen) atoms. The molecule has 0 saturated heterocycles. The molecule has 0 atom stereocenters. The Labute approximate surface area is 124 Å². The standard InChI is InChI=1S/C17H20N2O2/c1-12-10-14(18)11-13(2)17(12)19-16(20)8-9-21-15-6-4-3-5-7-15/h3-7,10-11H,8-9,18H2,1-2H3,(H,19,20). The third-order valence-corrected chi connectivity index (χ3v) is 3.16. The molecule has 0 aromatic heterocycles. The van der Waals surface area contributed by atoms with Crippen molar-refractivity contribution in [2.75, 3.05) is 17.7 Å². The smallest absolute Gasteiger partial charge is 0.227 e. The van der Waals surface area contributed by atoms with E-state index in [2.05, 4.69) is 5.32 Å². The van der Waals surface area contributed by atoms with E-state index in [1.165, 1.54) is 0 Å². The highest BCUT2D eigenvalue weighted by molar-refractivity contribution is 5.92. The van der Waals surface area contributed by atoms with Crippen LogP contribution in [0.1, 0.15) is 17.5 Å². The van der Waals surface area contributed by atoms with Gasteiger partial charge in [0.1, 0.15) is 5.75 Å². The Hall–Kier alpha value is -2.49. The van der Waals surface area contributed by atoms with Gasteiger partial charge in [-0.25, -0.2) is 0 Å². The first-order chi connectivity index (χ1) is 10.1. The molecule has 0 saturated carbocycles. The van der Waals surface area contributed by atoms with Crippen molar-refractivity contribution in [3.63, 3.8) is 0 Å². The van der Waals surface area contributed by atoms with Gasteiger partial charge in [-0.3, -0.25) is 4.79 Å². The Morgan fingerprint density at radius 1 is 1.14 bits per heavy atom. The maximum atomic E-state index is 12.0. The molecular weight excluding hydrogens is 264 g/mol. The van der Waals surface area contributed by atoms with E-state index < -0.39 is 0 Å². The minimum absolute atomic E-state index is 0.0677. The number of carbonyl (C=O) groups is 1. The lowest BCUT2D eigenvalue weighted by Crippen LogP contribution is -2.16. The van der Waals surface area contributed by atoms with E-state index >= 15 is 0 Å². The third-order valence-electron chi connectivity index (χ3n) is 3.16. The van der Waals surface area contributed by atoms with Crippen LogP contribution in [-0.2, 0) is 4.79 Å². The van der Waals surface area contributed by atoms with Crippen molar-refractivity contribution in [2.24, 2.45) is 0 Å². The fraction of sp³-hybridized carbons (Fsp3) is 0.235. The number of hydrogen-bond donors (Lipinski definition) is 2. The van der Waals surface area contributed by atoms with Crippen molar-refractivity contribution in [1.82, 2.24) is 0 Å². The summed E-state index contributed by atoms with van der Waals surface area (Å²) in [5, 5.41) is 2.92. The number of hydrogen-bond acceptors (Lipinski definition) is 3. The number of amides is 1. The summed E-state index contributed by atoms with van der Waals surface area (Å²) in [6, 6.07) is 13.2. The molecule has 4 nitrogen and oxygen atoms in total. The van der Waals surface area contributed by atoms with E-state index in [4.69, 9.17) is 10.5 Å². The number of para-hydroxylation sites is 1. The molecule has 0 heterocycles. The highest BCUT2D eigenvalue weighted by Gasteiger charge is 2.08. The van der Waals surface area contributed by atoms with Crippen LogP contribution >= 0.6 is 0 Å². The van der Waals surface area contributed by atoms with Gasteiger partial charge in [-0.1, -0.05) is 18.2 Å². The summed E-state index contributed by atoms with van der Waals surface area (Å²) >= 11 is 0. The van der Waals surface area contributed by atoms with Gasteiger partial charge < -0.3 is 15.8 Å². The van der Waals surface area contributed by atoms with Gasteiger partial charge >= 0.3 is 0 Å². The van der Waals surface area contributed by atoms with Crippen molar-refractivity contribution in [3.8, 4) is 5.75 Å². The van der Waals surface area contributed by atoms with Crippen LogP contribution in [-0.4, -0.2) is 12.5 Å². The summed E-state index contributed by atoms with van der Waals surface area (Å²) in [5.41, 5.74) is 9.23. The first-order valence-corrected chi connectivity index (χ1v) is 6.90. The molecule has 3 N–H and O–H groups in total. The fourth-order valence-corrected chi connectivity index (χ4v) is 2.17. The highest BCUT2D eigenvalue weighted by atomic mass is 16.5. The quantitative estimate of drug-likeness (QED) is 0.828. The van der Waals surface area contributed by atoms with Crippen LogP contribution in [0.5, 0.6) is 5.75 Å². The summed E-state index contributed by atoms with van der Waals surface area (Å²) in [6.07, 6.45) is 0.304. The van der Waals surface area contributed by atoms with E-state index in [9.17, 15) is 4.79 Å². The Morgan fingerprint density at radius 3 is 2.38 bits per heavy atom.